The molecule has 2 aromatic carbocycles. The molecule has 0 saturated carbocycles. The second kappa shape index (κ2) is 7.99. The average molecular weight is 281 g/mol. The van der Waals surface area contributed by atoms with Gasteiger partial charge in [-0.15, -0.1) is 0 Å². The summed E-state index contributed by atoms with van der Waals surface area (Å²) >= 11 is 0. The molecule has 0 aliphatic heterocycles. The monoisotopic (exact) mass is 281 g/mol. The summed E-state index contributed by atoms with van der Waals surface area (Å²) in [5.74, 6) is 0. The first-order chi connectivity index (χ1) is 10.2. The third-order valence-corrected chi connectivity index (χ3v) is 3.83. The summed E-state index contributed by atoms with van der Waals surface area (Å²) in [6.45, 7) is 7.64. The molecule has 1 nitrogen and oxygen atoms in total. The quantitative estimate of drug-likeness (QED) is 0.750. The number of rotatable bonds is 7. The Kier molecular flexibility index (Phi) is 6.01. The summed E-state index contributed by atoms with van der Waals surface area (Å²) in [4.78, 5) is 0. The van der Waals surface area contributed by atoms with E-state index in [2.05, 4.69) is 74.6 Å². The highest BCUT2D eigenvalue weighted by molar-refractivity contribution is 5.35. The van der Waals surface area contributed by atoms with E-state index >= 15 is 0 Å². The predicted molar refractivity (Wildman–Crippen MR) is 91.8 cm³/mol. The van der Waals surface area contributed by atoms with Crippen molar-refractivity contribution in [2.75, 3.05) is 6.54 Å². The molecule has 21 heavy (non-hydrogen) atoms. The van der Waals surface area contributed by atoms with Crippen LogP contribution in [0.5, 0.6) is 0 Å². The Morgan fingerprint density at radius 3 is 2.29 bits per heavy atom. The molecule has 0 radical (unpaired) electrons. The van der Waals surface area contributed by atoms with Crippen molar-refractivity contribution in [3.63, 3.8) is 0 Å². The van der Waals surface area contributed by atoms with Crippen molar-refractivity contribution < 1.29 is 0 Å². The van der Waals surface area contributed by atoms with E-state index in [0.29, 0.717) is 6.04 Å². The maximum atomic E-state index is 3.68. The molecule has 2 aromatic rings. The smallest absolute Gasteiger partial charge is 0.0576 e. The topological polar surface area (TPSA) is 12.0 Å². The van der Waals surface area contributed by atoms with E-state index < -0.39 is 0 Å². The lowest BCUT2D eigenvalue weighted by atomic mass is 9.96. The number of nitrogens with one attached hydrogen (secondary N) is 1. The van der Waals surface area contributed by atoms with Gasteiger partial charge in [-0.2, -0.15) is 0 Å². The van der Waals surface area contributed by atoms with Crippen LogP contribution in [0.2, 0.25) is 0 Å². The van der Waals surface area contributed by atoms with Crippen molar-refractivity contribution in [2.24, 2.45) is 0 Å². The lowest BCUT2D eigenvalue weighted by molar-refractivity contribution is 0.598. The van der Waals surface area contributed by atoms with Gasteiger partial charge in [0.15, 0.2) is 0 Å². The third kappa shape index (κ3) is 4.44. The van der Waals surface area contributed by atoms with Gasteiger partial charge in [0, 0.05) is 0 Å². The van der Waals surface area contributed by atoms with E-state index in [1.165, 1.54) is 28.7 Å². The number of hydrogen-bond acceptors (Lipinski definition) is 1. The fourth-order valence-corrected chi connectivity index (χ4v) is 2.73. The van der Waals surface area contributed by atoms with E-state index in [4.69, 9.17) is 0 Å². The number of aryl methyl sites for hydroxylation is 2. The standard InChI is InChI=1S/C20H27N/c1-4-7-17-10-12-18(13-11-17)20(21-14-5-2)19-9-6-8-16(3)15-19/h6,8-13,15,20-21H,4-5,7,14H2,1-3H3. The van der Waals surface area contributed by atoms with Crippen LogP contribution in [0.4, 0.5) is 0 Å². The Labute approximate surface area is 129 Å². The van der Waals surface area contributed by atoms with Gasteiger partial charge in [0.25, 0.3) is 0 Å². The zero-order valence-corrected chi connectivity index (χ0v) is 13.5. The fourth-order valence-electron chi connectivity index (χ4n) is 2.73. The van der Waals surface area contributed by atoms with Gasteiger partial charge in [-0.05, 0) is 43.0 Å². The van der Waals surface area contributed by atoms with Crippen LogP contribution < -0.4 is 5.32 Å². The molecule has 1 atom stereocenters. The van der Waals surface area contributed by atoms with E-state index in [0.717, 1.165) is 19.4 Å². The Balaban J connectivity index is 2.26. The molecular weight excluding hydrogens is 254 g/mol. The first kappa shape index (κ1) is 15.8. The molecule has 0 saturated heterocycles. The second-order valence-corrected chi connectivity index (χ2v) is 5.79. The average Bonchev–Trinajstić information content (AvgIpc) is 2.50. The first-order valence-electron chi connectivity index (χ1n) is 8.13. The van der Waals surface area contributed by atoms with Crippen LogP contribution >= 0.6 is 0 Å². The Morgan fingerprint density at radius 2 is 1.67 bits per heavy atom. The molecule has 0 aromatic heterocycles. The van der Waals surface area contributed by atoms with Crippen LogP contribution in [0.3, 0.4) is 0 Å². The van der Waals surface area contributed by atoms with Gasteiger partial charge in [0.2, 0.25) is 0 Å². The molecule has 0 fully saturated rings. The van der Waals surface area contributed by atoms with Crippen molar-refractivity contribution in [3.8, 4) is 0 Å². The lowest BCUT2D eigenvalue weighted by Crippen LogP contribution is -2.23. The predicted octanol–water partition coefficient (Wildman–Crippen LogP) is 5.04. The molecule has 1 unspecified atom stereocenters. The molecule has 0 heterocycles. The summed E-state index contributed by atoms with van der Waals surface area (Å²) in [7, 11) is 0. The van der Waals surface area contributed by atoms with Gasteiger partial charge in [-0.1, -0.05) is 74.4 Å². The van der Waals surface area contributed by atoms with Gasteiger partial charge < -0.3 is 5.32 Å². The van der Waals surface area contributed by atoms with Crippen molar-refractivity contribution in [3.05, 3.63) is 70.8 Å². The second-order valence-electron chi connectivity index (χ2n) is 5.79. The first-order valence-corrected chi connectivity index (χ1v) is 8.13. The molecule has 1 heteroatoms. The SMILES string of the molecule is CCCNC(c1ccc(CCC)cc1)c1cccc(C)c1. The van der Waals surface area contributed by atoms with Crippen molar-refractivity contribution in [2.45, 2.75) is 46.1 Å². The van der Waals surface area contributed by atoms with E-state index in [1.54, 1.807) is 0 Å². The fraction of sp³-hybridized carbons (Fsp3) is 0.400. The van der Waals surface area contributed by atoms with Crippen molar-refractivity contribution in [1.29, 1.82) is 0 Å². The van der Waals surface area contributed by atoms with E-state index in [9.17, 15) is 0 Å². The summed E-state index contributed by atoms with van der Waals surface area (Å²) in [6, 6.07) is 18.2. The van der Waals surface area contributed by atoms with Crippen molar-refractivity contribution in [1.82, 2.24) is 5.32 Å². The molecule has 112 valence electrons. The Morgan fingerprint density at radius 1 is 0.905 bits per heavy atom. The minimum absolute atomic E-state index is 0.292. The largest absolute Gasteiger partial charge is 0.306 e. The highest BCUT2D eigenvalue weighted by Gasteiger charge is 2.13. The minimum atomic E-state index is 0.292. The zero-order chi connectivity index (χ0) is 15.1. The van der Waals surface area contributed by atoms with Gasteiger partial charge in [0.05, 0.1) is 6.04 Å². The van der Waals surface area contributed by atoms with Crippen LogP contribution in [0.25, 0.3) is 0 Å². The molecule has 2 rings (SSSR count). The normalized spacial score (nSPS) is 12.3. The highest BCUT2D eigenvalue weighted by atomic mass is 14.9. The molecule has 0 bridgehead atoms. The molecular formula is C20H27N. The Bertz CT molecular complexity index is 542. The summed E-state index contributed by atoms with van der Waals surface area (Å²) in [6.07, 6.45) is 3.52. The van der Waals surface area contributed by atoms with Crippen LogP contribution in [0, 0.1) is 6.92 Å². The van der Waals surface area contributed by atoms with E-state index in [-0.39, 0.29) is 0 Å². The van der Waals surface area contributed by atoms with E-state index in [1.807, 2.05) is 0 Å². The van der Waals surface area contributed by atoms with Crippen molar-refractivity contribution >= 4 is 0 Å². The van der Waals surface area contributed by atoms with Crippen LogP contribution in [0.15, 0.2) is 48.5 Å². The summed E-state index contributed by atoms with van der Waals surface area (Å²) in [5, 5.41) is 3.68. The molecule has 1 N–H and O–H groups in total. The molecule has 0 spiro atoms. The number of hydrogen-bond donors (Lipinski definition) is 1. The maximum Gasteiger partial charge on any atom is 0.0576 e. The van der Waals surface area contributed by atoms with Gasteiger partial charge in [0.1, 0.15) is 0 Å². The molecule has 0 amide bonds. The summed E-state index contributed by atoms with van der Waals surface area (Å²) < 4.78 is 0. The molecule has 0 aliphatic carbocycles. The maximum absolute atomic E-state index is 3.68. The van der Waals surface area contributed by atoms with Gasteiger partial charge in [-0.25, -0.2) is 0 Å². The van der Waals surface area contributed by atoms with Crippen LogP contribution in [-0.2, 0) is 6.42 Å². The van der Waals surface area contributed by atoms with Crippen LogP contribution in [-0.4, -0.2) is 6.54 Å². The Hall–Kier alpha value is -1.60. The number of benzene rings is 2. The lowest BCUT2D eigenvalue weighted by Gasteiger charge is -2.20. The zero-order valence-electron chi connectivity index (χ0n) is 13.5. The highest BCUT2D eigenvalue weighted by Crippen LogP contribution is 2.23. The minimum Gasteiger partial charge on any atom is -0.306 e. The van der Waals surface area contributed by atoms with Gasteiger partial charge in [-0.3, -0.25) is 0 Å². The molecule has 0 aliphatic rings. The summed E-state index contributed by atoms with van der Waals surface area (Å²) in [5.41, 5.74) is 5.46. The van der Waals surface area contributed by atoms with Gasteiger partial charge >= 0.3 is 0 Å². The third-order valence-electron chi connectivity index (χ3n) is 3.83. The van der Waals surface area contributed by atoms with Crippen LogP contribution in [0.1, 0.15) is 55.0 Å².